The third-order valence-corrected chi connectivity index (χ3v) is 9.98. The number of aromatic nitrogens is 6. The number of aromatic amines is 1. The second kappa shape index (κ2) is 16.3. The maximum atomic E-state index is 14.6. The van der Waals surface area contributed by atoms with Crippen LogP contribution in [0, 0.1) is 5.92 Å². The molecule has 4 aromatic rings. The van der Waals surface area contributed by atoms with Crippen LogP contribution in [0.1, 0.15) is 77.0 Å². The topological polar surface area (TPSA) is 206 Å². The summed E-state index contributed by atoms with van der Waals surface area (Å²) in [6.45, 7) is 5.24. The maximum absolute atomic E-state index is 14.6. The molecule has 2 aliphatic heterocycles. The molecule has 3 aliphatic rings. The molecule has 7 rings (SSSR count). The van der Waals surface area contributed by atoms with Crippen LogP contribution in [0.25, 0.3) is 23.2 Å². The Labute approximate surface area is 323 Å². The van der Waals surface area contributed by atoms with Gasteiger partial charge in [-0.15, -0.1) is 5.10 Å². The standard InChI is InChI=1S/C40H46N10O6/c1-39(2,3)56-38(54)43-31-19-11-6-4-5-10-16-26-23-40(26,36(53)44-37-46-48-49-47-37)45-33(51)32-22-27(24-50(32)35(31)52)55-34-30(21-20-25-14-8-7-9-15-25)41-28-17-12-13-18-29(28)42-34/h7-10,12-18,20-21,26-27,31-32H,4-6,11,19,22-24H2,1-3H3,(H,43,54)(H,45,51)(H2,44,46,47,48,49,53)/b16-10-,21-20+/t26-,27+,31-,32-,40+/m0/s1. The van der Waals surface area contributed by atoms with Gasteiger partial charge in [0.15, 0.2) is 0 Å². The molecule has 0 unspecified atom stereocenters. The van der Waals surface area contributed by atoms with Crippen molar-refractivity contribution in [3.05, 3.63) is 78.0 Å². The van der Waals surface area contributed by atoms with Gasteiger partial charge in [-0.2, -0.15) is 5.21 Å². The molecular weight excluding hydrogens is 717 g/mol. The van der Waals surface area contributed by atoms with Gasteiger partial charge < -0.3 is 25.0 Å². The van der Waals surface area contributed by atoms with E-state index in [0.29, 0.717) is 36.0 Å². The Morgan fingerprint density at radius 2 is 1.75 bits per heavy atom. The Bertz CT molecular complexity index is 2120. The number of benzene rings is 2. The van der Waals surface area contributed by atoms with E-state index >= 15 is 0 Å². The zero-order valence-electron chi connectivity index (χ0n) is 31.6. The molecule has 4 N–H and O–H groups in total. The summed E-state index contributed by atoms with van der Waals surface area (Å²) in [5, 5.41) is 21.9. The molecule has 16 heteroatoms. The fraction of sp³-hybridized carbons (Fsp3) is 0.425. The molecule has 2 aromatic carbocycles. The molecule has 292 valence electrons. The number of ether oxygens (including phenoxy) is 2. The second-order valence-electron chi connectivity index (χ2n) is 15.4. The molecule has 4 amide bonds. The average Bonchev–Trinajstić information content (AvgIpc) is 3.44. The number of carbonyl (C=O) groups is 4. The number of fused-ring (bicyclic) bond motifs is 3. The summed E-state index contributed by atoms with van der Waals surface area (Å²) < 4.78 is 12.1. The maximum Gasteiger partial charge on any atom is 0.408 e. The Morgan fingerprint density at radius 3 is 2.50 bits per heavy atom. The van der Waals surface area contributed by atoms with E-state index in [1.165, 1.54) is 4.90 Å². The molecule has 2 fully saturated rings. The van der Waals surface area contributed by atoms with Crippen LogP contribution in [0.3, 0.4) is 0 Å². The van der Waals surface area contributed by atoms with Gasteiger partial charge in [-0.3, -0.25) is 19.7 Å². The van der Waals surface area contributed by atoms with Gasteiger partial charge in [-0.05, 0) is 75.4 Å². The van der Waals surface area contributed by atoms with Crippen molar-refractivity contribution >= 4 is 52.9 Å². The first-order chi connectivity index (χ1) is 27.0. The highest BCUT2D eigenvalue weighted by molar-refractivity contribution is 6.04. The summed E-state index contributed by atoms with van der Waals surface area (Å²) in [7, 11) is 0. The van der Waals surface area contributed by atoms with Crippen molar-refractivity contribution < 1.29 is 28.7 Å². The lowest BCUT2D eigenvalue weighted by molar-refractivity contribution is -0.141. The number of para-hydroxylation sites is 2. The molecule has 16 nitrogen and oxygen atoms in total. The van der Waals surface area contributed by atoms with E-state index < -0.39 is 53.1 Å². The van der Waals surface area contributed by atoms with E-state index in [0.717, 1.165) is 24.8 Å². The quantitative estimate of drug-likeness (QED) is 0.192. The predicted octanol–water partition coefficient (Wildman–Crippen LogP) is 4.59. The number of nitrogens with zero attached hydrogens (tertiary/aromatic N) is 6. The molecular formula is C40H46N10O6. The first-order valence-corrected chi connectivity index (χ1v) is 19.0. The Hall–Kier alpha value is -6.19. The van der Waals surface area contributed by atoms with Gasteiger partial charge in [0.2, 0.25) is 17.7 Å². The summed E-state index contributed by atoms with van der Waals surface area (Å²) in [6, 6.07) is 15.2. The van der Waals surface area contributed by atoms with Crippen molar-refractivity contribution in [2.75, 3.05) is 11.9 Å². The fourth-order valence-corrected chi connectivity index (χ4v) is 7.13. The molecule has 1 saturated heterocycles. The van der Waals surface area contributed by atoms with Gasteiger partial charge >= 0.3 is 6.09 Å². The number of anilines is 1. The molecule has 0 bridgehead atoms. The van der Waals surface area contributed by atoms with Gasteiger partial charge in [-0.25, -0.2) is 14.8 Å². The van der Waals surface area contributed by atoms with Crippen LogP contribution in [0.4, 0.5) is 10.7 Å². The van der Waals surface area contributed by atoms with Crippen molar-refractivity contribution in [3.63, 3.8) is 0 Å². The molecule has 0 radical (unpaired) electrons. The SMILES string of the molecule is CC(C)(C)OC(=O)N[C@H]1CCCCC/C=C\[C@H]2C[C@@]2(C(=O)Nc2nn[nH]n2)NC(=O)[C@@H]2C[C@@H](Oc3nc4ccccc4nc3/C=C/c3ccccc3)CN2C1=O. The van der Waals surface area contributed by atoms with Crippen molar-refractivity contribution in [3.8, 4) is 5.88 Å². The highest BCUT2D eigenvalue weighted by atomic mass is 16.6. The monoisotopic (exact) mass is 762 g/mol. The van der Waals surface area contributed by atoms with Crippen LogP contribution in [0.2, 0.25) is 0 Å². The van der Waals surface area contributed by atoms with Gasteiger partial charge in [0.1, 0.15) is 35.0 Å². The highest BCUT2D eigenvalue weighted by Gasteiger charge is 2.61. The minimum Gasteiger partial charge on any atom is -0.471 e. The van der Waals surface area contributed by atoms with Crippen LogP contribution in [0.15, 0.2) is 66.7 Å². The number of rotatable bonds is 7. The zero-order valence-corrected chi connectivity index (χ0v) is 31.6. The summed E-state index contributed by atoms with van der Waals surface area (Å²) in [6.07, 6.45) is 10.1. The number of hydrogen-bond acceptors (Lipinski definition) is 11. The van der Waals surface area contributed by atoms with Gasteiger partial charge in [0.25, 0.3) is 11.9 Å². The summed E-state index contributed by atoms with van der Waals surface area (Å²) in [4.78, 5) is 67.0. The number of H-pyrrole nitrogens is 1. The van der Waals surface area contributed by atoms with E-state index in [4.69, 9.17) is 19.4 Å². The second-order valence-corrected chi connectivity index (χ2v) is 15.4. The summed E-state index contributed by atoms with van der Waals surface area (Å²) in [5.41, 5.74) is 0.618. The van der Waals surface area contributed by atoms with E-state index in [9.17, 15) is 19.2 Å². The average molecular weight is 763 g/mol. The number of amides is 4. The Morgan fingerprint density at radius 1 is 0.982 bits per heavy atom. The zero-order chi connectivity index (χ0) is 39.3. The summed E-state index contributed by atoms with van der Waals surface area (Å²) in [5.74, 6) is -1.58. The normalized spacial score (nSPS) is 24.9. The van der Waals surface area contributed by atoms with Crippen molar-refractivity contribution in [2.45, 2.75) is 95.0 Å². The molecule has 4 heterocycles. The number of hydrogen-bond donors (Lipinski definition) is 4. The Balaban J connectivity index is 1.21. The predicted molar refractivity (Wildman–Crippen MR) is 207 cm³/mol. The molecule has 1 aliphatic carbocycles. The van der Waals surface area contributed by atoms with Crippen LogP contribution >= 0.6 is 0 Å². The lowest BCUT2D eigenvalue weighted by Gasteiger charge is -2.30. The van der Waals surface area contributed by atoms with Crippen LogP contribution < -0.4 is 20.7 Å². The molecule has 1 saturated carbocycles. The molecule has 56 heavy (non-hydrogen) atoms. The first-order valence-electron chi connectivity index (χ1n) is 19.0. The van der Waals surface area contributed by atoms with E-state index in [1.807, 2.05) is 78.9 Å². The lowest BCUT2D eigenvalue weighted by atomic mass is 10.0. The number of nitrogens with one attached hydrogen (secondary N) is 4. The third kappa shape index (κ3) is 9.01. The number of allylic oxidation sites excluding steroid dienone is 1. The minimum atomic E-state index is -1.31. The first kappa shape index (κ1) is 38.1. The lowest BCUT2D eigenvalue weighted by Crippen LogP contribution is -2.57. The number of tetrazole rings is 1. The summed E-state index contributed by atoms with van der Waals surface area (Å²) >= 11 is 0. The van der Waals surface area contributed by atoms with Gasteiger partial charge in [0.05, 0.1) is 17.6 Å². The molecule has 0 spiro atoms. The number of carbonyl (C=O) groups excluding carboxylic acids is 4. The largest absolute Gasteiger partial charge is 0.471 e. The van der Waals surface area contributed by atoms with Crippen molar-refractivity contribution in [2.24, 2.45) is 5.92 Å². The Kier molecular flexibility index (Phi) is 11.1. The van der Waals surface area contributed by atoms with Gasteiger partial charge in [-0.1, -0.05) is 78.6 Å². The highest BCUT2D eigenvalue weighted by Crippen LogP contribution is 2.46. The van der Waals surface area contributed by atoms with Crippen molar-refractivity contribution in [1.29, 1.82) is 0 Å². The molecule has 5 atom stereocenters. The van der Waals surface area contributed by atoms with Gasteiger partial charge in [0, 0.05) is 12.3 Å². The van der Waals surface area contributed by atoms with Crippen LogP contribution in [0.5, 0.6) is 5.88 Å². The van der Waals surface area contributed by atoms with E-state index in [-0.39, 0.29) is 30.7 Å². The van der Waals surface area contributed by atoms with Crippen LogP contribution in [-0.2, 0) is 19.1 Å². The van der Waals surface area contributed by atoms with Crippen LogP contribution in [-0.4, -0.2) is 95.2 Å². The van der Waals surface area contributed by atoms with Crippen molar-refractivity contribution in [1.82, 2.24) is 46.1 Å². The number of alkyl carbamates (subject to hydrolysis) is 1. The smallest absolute Gasteiger partial charge is 0.408 e. The molecule has 2 aromatic heterocycles. The third-order valence-electron chi connectivity index (χ3n) is 9.98. The minimum absolute atomic E-state index is 0.00511. The van der Waals surface area contributed by atoms with E-state index in [1.54, 1.807) is 20.8 Å². The van der Waals surface area contributed by atoms with E-state index in [2.05, 4.69) is 36.6 Å². The fourth-order valence-electron chi connectivity index (χ4n) is 7.13.